The Morgan fingerprint density at radius 2 is 2.00 bits per heavy atom. The van der Waals surface area contributed by atoms with Crippen molar-refractivity contribution in [3.05, 3.63) is 68.8 Å². The van der Waals surface area contributed by atoms with Crippen molar-refractivity contribution < 1.29 is 9.53 Å². The Labute approximate surface area is 161 Å². The predicted octanol–water partition coefficient (Wildman–Crippen LogP) is 4.56. The van der Waals surface area contributed by atoms with E-state index in [0.29, 0.717) is 16.5 Å². The summed E-state index contributed by atoms with van der Waals surface area (Å²) in [5.41, 5.74) is 5.38. The molecule has 0 bridgehead atoms. The summed E-state index contributed by atoms with van der Waals surface area (Å²) < 4.78 is 4.99. The average Bonchev–Trinajstić information content (AvgIpc) is 3.03. The van der Waals surface area contributed by atoms with Gasteiger partial charge in [-0.25, -0.2) is 0 Å². The normalized spacial score (nSPS) is 19.4. The summed E-state index contributed by atoms with van der Waals surface area (Å²) in [5.74, 6) is -0.275. The van der Waals surface area contributed by atoms with E-state index in [0.717, 1.165) is 27.7 Å². The van der Waals surface area contributed by atoms with E-state index in [4.69, 9.17) is 27.9 Å². The van der Waals surface area contributed by atoms with Gasteiger partial charge < -0.3 is 9.72 Å². The van der Waals surface area contributed by atoms with Gasteiger partial charge in [-0.3, -0.25) is 10.1 Å². The summed E-state index contributed by atoms with van der Waals surface area (Å²) >= 11 is 12.3. The Bertz CT molecular complexity index is 1010. The molecule has 0 saturated heterocycles. The van der Waals surface area contributed by atoms with Crippen LogP contribution in [0.5, 0.6) is 0 Å². The summed E-state index contributed by atoms with van der Waals surface area (Å²) in [5, 5.41) is 5.52. The lowest BCUT2D eigenvalue weighted by atomic mass is 9.90. The number of benzene rings is 2. The van der Waals surface area contributed by atoms with Crippen molar-refractivity contribution in [2.24, 2.45) is 0 Å². The molecule has 1 aromatic heterocycles. The van der Waals surface area contributed by atoms with Crippen molar-refractivity contribution in [1.29, 1.82) is 0 Å². The van der Waals surface area contributed by atoms with E-state index < -0.39 is 6.04 Å². The zero-order chi connectivity index (χ0) is 18.4. The van der Waals surface area contributed by atoms with E-state index >= 15 is 0 Å². The summed E-state index contributed by atoms with van der Waals surface area (Å²) in [4.78, 5) is 15.8. The van der Waals surface area contributed by atoms with Gasteiger partial charge in [0.15, 0.2) is 0 Å². The number of nitrogens with one attached hydrogen (secondary N) is 2. The van der Waals surface area contributed by atoms with Crippen molar-refractivity contribution in [3.8, 4) is 0 Å². The summed E-state index contributed by atoms with van der Waals surface area (Å²) in [6.07, 6.45) is 0.573. The highest BCUT2D eigenvalue weighted by atomic mass is 35.5. The highest BCUT2D eigenvalue weighted by Crippen LogP contribution is 2.37. The number of aromatic amines is 1. The molecule has 2 atom stereocenters. The number of methoxy groups -OCH3 is 1. The Morgan fingerprint density at radius 3 is 2.73 bits per heavy atom. The molecule has 1 aliphatic rings. The Balaban J connectivity index is 1.91. The van der Waals surface area contributed by atoms with E-state index in [9.17, 15) is 4.79 Å². The van der Waals surface area contributed by atoms with E-state index in [1.54, 1.807) is 6.07 Å². The van der Waals surface area contributed by atoms with Crippen molar-refractivity contribution >= 4 is 40.1 Å². The molecule has 3 aromatic rings. The first kappa shape index (κ1) is 17.4. The molecule has 2 N–H and O–H groups in total. The molecule has 1 aliphatic heterocycles. The van der Waals surface area contributed by atoms with Gasteiger partial charge in [0.05, 0.1) is 23.2 Å². The van der Waals surface area contributed by atoms with Gasteiger partial charge in [0, 0.05) is 23.0 Å². The molecular weight excluding hydrogens is 371 g/mol. The first-order valence-corrected chi connectivity index (χ1v) is 9.14. The second-order valence-corrected chi connectivity index (χ2v) is 7.38. The number of aromatic nitrogens is 1. The number of carbonyl (C=O) groups excluding carboxylic acids is 1. The van der Waals surface area contributed by atoms with Crippen molar-refractivity contribution in [3.63, 3.8) is 0 Å². The van der Waals surface area contributed by atoms with Crippen LogP contribution in [0.25, 0.3) is 10.9 Å². The lowest BCUT2D eigenvalue weighted by molar-refractivity contribution is -0.143. The van der Waals surface area contributed by atoms with Gasteiger partial charge >= 0.3 is 5.97 Å². The number of fused-ring (bicyclic) bond motifs is 3. The molecule has 2 heterocycles. The summed E-state index contributed by atoms with van der Waals surface area (Å²) in [6.45, 7) is 2.07. The van der Waals surface area contributed by atoms with Gasteiger partial charge in [0.2, 0.25) is 0 Å². The van der Waals surface area contributed by atoms with E-state index in [1.807, 2.05) is 18.2 Å². The number of hydrogen-bond acceptors (Lipinski definition) is 3. The molecule has 2 aromatic carbocycles. The zero-order valence-corrected chi connectivity index (χ0v) is 15.9. The maximum Gasteiger partial charge on any atom is 0.323 e. The van der Waals surface area contributed by atoms with Gasteiger partial charge in [0.25, 0.3) is 0 Å². The molecule has 0 radical (unpaired) electrons. The maximum atomic E-state index is 12.3. The van der Waals surface area contributed by atoms with E-state index in [-0.39, 0.29) is 12.0 Å². The van der Waals surface area contributed by atoms with Crippen LogP contribution in [0.1, 0.15) is 28.4 Å². The third-order valence-electron chi connectivity index (χ3n) is 5.01. The number of para-hydroxylation sites is 1. The number of esters is 1. The second kappa shape index (κ2) is 6.62. The van der Waals surface area contributed by atoms with Crippen LogP contribution in [0.4, 0.5) is 0 Å². The highest BCUT2D eigenvalue weighted by molar-refractivity contribution is 6.42. The third-order valence-corrected chi connectivity index (χ3v) is 5.75. The molecule has 26 heavy (non-hydrogen) atoms. The van der Waals surface area contributed by atoms with Crippen molar-refractivity contribution in [2.75, 3.05) is 7.11 Å². The van der Waals surface area contributed by atoms with Crippen molar-refractivity contribution in [1.82, 2.24) is 10.3 Å². The molecule has 0 saturated carbocycles. The fraction of sp³-hybridized carbons (Fsp3) is 0.250. The topological polar surface area (TPSA) is 54.1 Å². The second-order valence-electron chi connectivity index (χ2n) is 6.57. The summed E-state index contributed by atoms with van der Waals surface area (Å²) in [7, 11) is 1.41. The lowest BCUT2D eigenvalue weighted by Crippen LogP contribution is -2.45. The average molecular weight is 389 g/mol. The zero-order valence-electron chi connectivity index (χ0n) is 14.4. The molecular formula is C20H18Cl2N2O2. The molecule has 6 heteroatoms. The van der Waals surface area contributed by atoms with E-state index in [1.165, 1.54) is 12.7 Å². The number of aryl methyl sites for hydroxylation is 1. The van der Waals surface area contributed by atoms with E-state index in [2.05, 4.69) is 29.4 Å². The SMILES string of the molecule is COC(=O)C1Cc2c([nH]c3c(C)cccc23)C(c2ccc(Cl)c(Cl)c2)N1. The minimum absolute atomic E-state index is 0.204. The van der Waals surface area contributed by atoms with Crippen LogP contribution in [0, 0.1) is 6.92 Å². The highest BCUT2D eigenvalue weighted by Gasteiger charge is 2.34. The standard InChI is InChI=1S/C20H18Cl2N2O2/c1-10-4-3-5-12-13-9-16(20(25)26-2)23-18(19(13)24-17(10)12)11-6-7-14(21)15(22)8-11/h3-8,16,18,23-24H,9H2,1-2H3. The van der Waals surface area contributed by atoms with Crippen LogP contribution >= 0.6 is 23.2 Å². The van der Waals surface area contributed by atoms with Crippen LogP contribution in [0.3, 0.4) is 0 Å². The monoisotopic (exact) mass is 388 g/mol. The van der Waals surface area contributed by atoms with Gasteiger partial charge in [-0.15, -0.1) is 0 Å². The predicted molar refractivity (Wildman–Crippen MR) is 104 cm³/mol. The first-order chi connectivity index (χ1) is 12.5. The number of halogens is 2. The molecule has 0 spiro atoms. The number of carbonyl (C=O) groups is 1. The fourth-order valence-electron chi connectivity index (χ4n) is 3.70. The molecule has 4 nitrogen and oxygen atoms in total. The Kier molecular flexibility index (Phi) is 4.43. The minimum Gasteiger partial charge on any atom is -0.468 e. The van der Waals surface area contributed by atoms with Gasteiger partial charge in [-0.1, -0.05) is 47.5 Å². The fourth-order valence-corrected chi connectivity index (χ4v) is 4.01. The number of hydrogen-bond donors (Lipinski definition) is 2. The smallest absolute Gasteiger partial charge is 0.323 e. The van der Waals surface area contributed by atoms with Crippen LogP contribution in [0.15, 0.2) is 36.4 Å². The van der Waals surface area contributed by atoms with Crippen LogP contribution in [-0.2, 0) is 16.0 Å². The summed E-state index contributed by atoms with van der Waals surface area (Å²) in [6, 6.07) is 11.1. The quantitative estimate of drug-likeness (QED) is 0.632. The molecule has 2 unspecified atom stereocenters. The largest absolute Gasteiger partial charge is 0.468 e. The van der Waals surface area contributed by atoms with Gasteiger partial charge in [0.1, 0.15) is 6.04 Å². The molecule has 134 valence electrons. The van der Waals surface area contributed by atoms with Gasteiger partial charge in [-0.2, -0.15) is 0 Å². The Morgan fingerprint density at radius 1 is 1.19 bits per heavy atom. The van der Waals surface area contributed by atoms with Crippen LogP contribution in [0.2, 0.25) is 10.0 Å². The van der Waals surface area contributed by atoms with Gasteiger partial charge in [-0.05, 0) is 35.7 Å². The Hall–Kier alpha value is -2.01. The first-order valence-electron chi connectivity index (χ1n) is 8.38. The number of H-pyrrole nitrogens is 1. The van der Waals surface area contributed by atoms with Crippen LogP contribution < -0.4 is 5.32 Å². The molecule has 0 fully saturated rings. The van der Waals surface area contributed by atoms with Crippen molar-refractivity contribution in [2.45, 2.75) is 25.4 Å². The third kappa shape index (κ3) is 2.78. The number of rotatable bonds is 2. The lowest BCUT2D eigenvalue weighted by Gasteiger charge is -2.30. The molecule has 0 aliphatic carbocycles. The maximum absolute atomic E-state index is 12.3. The minimum atomic E-state index is -0.425. The molecule has 0 amide bonds. The number of ether oxygens (including phenoxy) is 1. The molecule has 4 rings (SSSR count). The van der Waals surface area contributed by atoms with Crippen LogP contribution in [-0.4, -0.2) is 24.1 Å².